The van der Waals surface area contributed by atoms with E-state index in [1.165, 1.54) is 27.2 Å². The summed E-state index contributed by atoms with van der Waals surface area (Å²) in [5, 5.41) is 16.1. The highest BCUT2D eigenvalue weighted by atomic mass is 16.3. The molecule has 0 saturated carbocycles. The van der Waals surface area contributed by atoms with Crippen LogP contribution in [0.15, 0.2) is 76.7 Å². The molecule has 4 rings (SSSR count). The Morgan fingerprint density at radius 3 is 2.87 bits per heavy atom. The summed E-state index contributed by atoms with van der Waals surface area (Å²) in [5.74, 6) is 0.163. The number of rotatable bonds is 2. The summed E-state index contributed by atoms with van der Waals surface area (Å²) < 4.78 is 0. The van der Waals surface area contributed by atoms with Gasteiger partial charge in [-0.2, -0.15) is 5.11 Å². The van der Waals surface area contributed by atoms with Crippen molar-refractivity contribution in [1.29, 1.82) is 5.53 Å². The molecule has 0 saturated heterocycles. The summed E-state index contributed by atoms with van der Waals surface area (Å²) in [5.41, 5.74) is 10.6. The fourth-order valence-electron chi connectivity index (χ4n) is 3.80. The zero-order valence-corrected chi connectivity index (χ0v) is 13.0. The highest BCUT2D eigenvalue weighted by Gasteiger charge is 2.37. The Bertz CT molecular complexity index is 946. The van der Waals surface area contributed by atoms with E-state index in [0.29, 0.717) is 0 Å². The van der Waals surface area contributed by atoms with E-state index in [4.69, 9.17) is 5.53 Å². The molecule has 3 aliphatic carbocycles. The molecule has 0 amide bonds. The van der Waals surface area contributed by atoms with Crippen LogP contribution in [0.3, 0.4) is 0 Å². The van der Waals surface area contributed by atoms with Crippen molar-refractivity contribution < 1.29 is 5.11 Å². The third-order valence-corrected chi connectivity index (χ3v) is 4.95. The first-order valence-corrected chi connectivity index (χ1v) is 7.82. The van der Waals surface area contributed by atoms with Crippen LogP contribution in [0, 0.1) is 11.4 Å². The molecule has 0 radical (unpaired) electrons. The maximum atomic E-state index is 9.81. The van der Waals surface area contributed by atoms with Crippen LogP contribution in [0.5, 0.6) is 0 Å². The topological polar surface area (TPSA) is 56.4 Å². The van der Waals surface area contributed by atoms with E-state index < -0.39 is 5.54 Å². The minimum Gasteiger partial charge on any atom is -0.508 e. The fraction of sp³-hybridized carbons (Fsp3) is 0.200. The Kier molecular flexibility index (Phi) is 2.98. The lowest BCUT2D eigenvalue weighted by Crippen LogP contribution is -2.33. The van der Waals surface area contributed by atoms with Crippen LogP contribution < -0.4 is 10.4 Å². The number of allylic oxidation sites excluding steroid dienone is 4. The Morgan fingerprint density at radius 2 is 2.04 bits per heavy atom. The normalized spacial score (nSPS) is 28.1. The summed E-state index contributed by atoms with van der Waals surface area (Å²) >= 11 is 0. The molecule has 0 heterocycles. The quantitative estimate of drug-likeness (QED) is 0.809. The Hall–Kier alpha value is -2.68. The van der Waals surface area contributed by atoms with E-state index in [9.17, 15) is 5.11 Å². The minimum absolute atomic E-state index is 0.0172. The van der Waals surface area contributed by atoms with E-state index in [0.717, 1.165) is 6.42 Å². The van der Waals surface area contributed by atoms with Crippen molar-refractivity contribution in [2.45, 2.75) is 18.9 Å². The number of nitrogens with zero attached hydrogens (tertiary/aromatic N) is 1. The third kappa shape index (κ3) is 2.04. The van der Waals surface area contributed by atoms with E-state index in [1.54, 1.807) is 12.2 Å². The molecule has 3 nitrogen and oxygen atoms in total. The molecular formula is C20H18N2O. The van der Waals surface area contributed by atoms with Gasteiger partial charge in [0.25, 0.3) is 0 Å². The van der Waals surface area contributed by atoms with Gasteiger partial charge in [-0.3, -0.25) is 0 Å². The number of aliphatic hydroxyl groups is 1. The molecule has 3 heteroatoms. The molecule has 23 heavy (non-hydrogen) atoms. The van der Waals surface area contributed by atoms with Gasteiger partial charge in [-0.25, -0.2) is 5.53 Å². The predicted octanol–water partition coefficient (Wildman–Crippen LogP) is 3.31. The van der Waals surface area contributed by atoms with Gasteiger partial charge in [0.05, 0.1) is 0 Å². The number of fused-ring (bicyclic) bond motifs is 2. The molecule has 114 valence electrons. The molecule has 1 aromatic carbocycles. The van der Waals surface area contributed by atoms with E-state index in [1.807, 2.05) is 13.0 Å². The Labute approximate surface area is 134 Å². The zero-order valence-electron chi connectivity index (χ0n) is 13.0. The largest absolute Gasteiger partial charge is 0.508 e. The highest BCUT2D eigenvalue weighted by Crippen LogP contribution is 2.41. The third-order valence-electron chi connectivity index (χ3n) is 4.95. The first kappa shape index (κ1) is 13.9. The second kappa shape index (κ2) is 4.92. The molecule has 2 atom stereocenters. The Balaban J connectivity index is 1.93. The number of nitrogens with one attached hydrogen (secondary N) is 1. The molecule has 0 bridgehead atoms. The van der Waals surface area contributed by atoms with Crippen molar-refractivity contribution in [2.75, 3.05) is 0 Å². The monoisotopic (exact) mass is 302 g/mol. The van der Waals surface area contributed by atoms with Crippen molar-refractivity contribution in [3.63, 3.8) is 0 Å². The van der Waals surface area contributed by atoms with Gasteiger partial charge in [-0.1, -0.05) is 42.5 Å². The van der Waals surface area contributed by atoms with Crippen LogP contribution in [0.4, 0.5) is 0 Å². The number of benzene rings is 1. The average molecular weight is 302 g/mol. The molecule has 0 aromatic heterocycles. The molecular weight excluding hydrogens is 284 g/mol. The first-order chi connectivity index (χ1) is 11.1. The van der Waals surface area contributed by atoms with Crippen molar-refractivity contribution in [2.24, 2.45) is 11.0 Å². The molecule has 0 unspecified atom stereocenters. The van der Waals surface area contributed by atoms with Crippen LogP contribution >= 0.6 is 0 Å². The van der Waals surface area contributed by atoms with Crippen LogP contribution in [0.25, 0.3) is 11.6 Å². The average Bonchev–Trinajstić information content (AvgIpc) is 2.94. The van der Waals surface area contributed by atoms with Gasteiger partial charge < -0.3 is 5.11 Å². The highest BCUT2D eigenvalue weighted by molar-refractivity contribution is 5.89. The SMILES string of the molecule is C[C@@]1(N=N)C=C(O)C=C[C@H]1C1=C2C=c3ccccc3=C2C=CC1. The van der Waals surface area contributed by atoms with E-state index >= 15 is 0 Å². The van der Waals surface area contributed by atoms with E-state index in [2.05, 4.69) is 47.6 Å². The van der Waals surface area contributed by atoms with Crippen molar-refractivity contribution in [3.05, 3.63) is 82.0 Å². The maximum absolute atomic E-state index is 9.81. The number of hydrogen-bond acceptors (Lipinski definition) is 3. The summed E-state index contributed by atoms with van der Waals surface area (Å²) in [4.78, 5) is 0. The summed E-state index contributed by atoms with van der Waals surface area (Å²) in [6.07, 6.45) is 12.8. The lowest BCUT2D eigenvalue weighted by atomic mass is 9.73. The van der Waals surface area contributed by atoms with Gasteiger partial charge in [-0.05, 0) is 58.7 Å². The minimum atomic E-state index is -0.736. The zero-order chi connectivity index (χ0) is 16.0. The standard InChI is InChI=1S/C20H18N2O/c1-20(22-21)12-14(23)9-10-19(20)17-8-4-7-16-15-6-3-2-5-13(15)11-18(16)17/h2-7,9-12,19,21,23H,8H2,1H3/t19-,20+/m0/s1. The van der Waals surface area contributed by atoms with Crippen LogP contribution in [0.2, 0.25) is 0 Å². The molecule has 0 aliphatic heterocycles. The van der Waals surface area contributed by atoms with Crippen LogP contribution in [0.1, 0.15) is 13.3 Å². The fourth-order valence-corrected chi connectivity index (χ4v) is 3.80. The van der Waals surface area contributed by atoms with Gasteiger partial charge in [-0.15, -0.1) is 0 Å². The van der Waals surface area contributed by atoms with Gasteiger partial charge >= 0.3 is 0 Å². The van der Waals surface area contributed by atoms with Crippen LogP contribution in [-0.2, 0) is 0 Å². The molecule has 0 fully saturated rings. The smallest absolute Gasteiger partial charge is 0.113 e. The van der Waals surface area contributed by atoms with E-state index in [-0.39, 0.29) is 11.7 Å². The molecule has 3 aliphatic rings. The second-order valence-electron chi connectivity index (χ2n) is 6.43. The van der Waals surface area contributed by atoms with Crippen molar-refractivity contribution in [1.82, 2.24) is 0 Å². The van der Waals surface area contributed by atoms with Crippen molar-refractivity contribution in [3.8, 4) is 0 Å². The summed E-state index contributed by atoms with van der Waals surface area (Å²) in [6.45, 7) is 1.90. The van der Waals surface area contributed by atoms with Gasteiger partial charge in [0.15, 0.2) is 0 Å². The number of hydrogen-bond donors (Lipinski definition) is 2. The van der Waals surface area contributed by atoms with Gasteiger partial charge in [0.1, 0.15) is 11.3 Å². The summed E-state index contributed by atoms with van der Waals surface area (Å²) in [6, 6.07) is 8.41. The van der Waals surface area contributed by atoms with Gasteiger partial charge in [0.2, 0.25) is 0 Å². The number of aliphatic hydroxyl groups excluding tert-OH is 1. The molecule has 1 aromatic rings. The van der Waals surface area contributed by atoms with Gasteiger partial charge in [0, 0.05) is 5.92 Å². The Morgan fingerprint density at radius 1 is 1.22 bits per heavy atom. The summed E-state index contributed by atoms with van der Waals surface area (Å²) in [7, 11) is 0. The lowest BCUT2D eigenvalue weighted by molar-refractivity contribution is 0.378. The molecule has 0 spiro atoms. The second-order valence-corrected chi connectivity index (χ2v) is 6.43. The van der Waals surface area contributed by atoms with Crippen LogP contribution in [-0.4, -0.2) is 10.6 Å². The first-order valence-electron chi connectivity index (χ1n) is 7.82. The molecule has 2 N–H and O–H groups in total. The predicted molar refractivity (Wildman–Crippen MR) is 91.2 cm³/mol. The maximum Gasteiger partial charge on any atom is 0.113 e. The lowest BCUT2D eigenvalue weighted by Gasteiger charge is -2.34. The van der Waals surface area contributed by atoms with Crippen molar-refractivity contribution >= 4 is 11.6 Å².